The Balaban J connectivity index is 1.71. The second-order valence-electron chi connectivity index (χ2n) is 8.83. The SMILES string of the molecule is C=CC(=O)N1CCCC(n2nc(-c3ccc(Oc4ccccc4)cc3)c(C(N)=O)c2NCC(C)O)C1. The van der Waals surface area contributed by atoms with E-state index in [1.807, 2.05) is 42.5 Å². The van der Waals surface area contributed by atoms with Gasteiger partial charge in [-0.05, 0) is 62.2 Å². The van der Waals surface area contributed by atoms with Crippen molar-refractivity contribution in [1.82, 2.24) is 14.7 Å². The average Bonchev–Trinajstić information content (AvgIpc) is 3.28. The lowest BCUT2D eigenvalue weighted by molar-refractivity contribution is -0.127. The van der Waals surface area contributed by atoms with Crippen LogP contribution in [0.3, 0.4) is 0 Å². The third-order valence-electron chi connectivity index (χ3n) is 6.06. The number of nitrogens with one attached hydrogen (secondary N) is 1. The number of nitrogens with two attached hydrogens (primary N) is 1. The van der Waals surface area contributed by atoms with Crippen LogP contribution < -0.4 is 15.8 Å². The van der Waals surface area contributed by atoms with Gasteiger partial charge in [0.05, 0.1) is 12.1 Å². The van der Waals surface area contributed by atoms with Crippen LogP contribution in [-0.2, 0) is 4.79 Å². The van der Waals surface area contributed by atoms with Crippen molar-refractivity contribution < 1.29 is 19.4 Å². The maximum Gasteiger partial charge on any atom is 0.254 e. The fraction of sp³-hybridized carbons (Fsp3) is 0.296. The molecule has 1 aliphatic heterocycles. The van der Waals surface area contributed by atoms with Gasteiger partial charge in [-0.3, -0.25) is 9.59 Å². The summed E-state index contributed by atoms with van der Waals surface area (Å²) in [5.41, 5.74) is 7.19. The van der Waals surface area contributed by atoms with E-state index in [1.165, 1.54) is 6.08 Å². The van der Waals surface area contributed by atoms with E-state index in [2.05, 4.69) is 11.9 Å². The number of carbonyl (C=O) groups is 2. The summed E-state index contributed by atoms with van der Waals surface area (Å²) >= 11 is 0. The lowest BCUT2D eigenvalue weighted by Crippen LogP contribution is -2.40. The highest BCUT2D eigenvalue weighted by Crippen LogP contribution is 2.35. The Kier molecular flexibility index (Phi) is 7.70. The number of likely N-dealkylation sites (tertiary alicyclic amines) is 1. The molecule has 0 spiro atoms. The number of para-hydroxylation sites is 1. The van der Waals surface area contributed by atoms with Crippen LogP contribution in [0.2, 0.25) is 0 Å². The van der Waals surface area contributed by atoms with Crippen molar-refractivity contribution in [3.05, 3.63) is 72.8 Å². The smallest absolute Gasteiger partial charge is 0.254 e. The van der Waals surface area contributed by atoms with Crippen molar-refractivity contribution in [1.29, 1.82) is 0 Å². The minimum Gasteiger partial charge on any atom is -0.457 e. The molecule has 0 saturated carbocycles. The molecule has 1 saturated heterocycles. The topological polar surface area (TPSA) is 123 Å². The van der Waals surface area contributed by atoms with Crippen molar-refractivity contribution in [3.63, 3.8) is 0 Å². The molecule has 3 aromatic rings. The molecule has 2 heterocycles. The van der Waals surface area contributed by atoms with Crippen molar-refractivity contribution in [2.75, 3.05) is 25.0 Å². The van der Waals surface area contributed by atoms with E-state index in [0.29, 0.717) is 41.7 Å². The fourth-order valence-electron chi connectivity index (χ4n) is 4.34. The molecule has 2 unspecified atom stereocenters. The third-order valence-corrected chi connectivity index (χ3v) is 6.06. The van der Waals surface area contributed by atoms with Gasteiger partial charge in [0, 0.05) is 25.2 Å². The lowest BCUT2D eigenvalue weighted by Gasteiger charge is -2.33. The summed E-state index contributed by atoms with van der Waals surface area (Å²) in [4.78, 5) is 26.6. The molecule has 2 atom stereocenters. The summed E-state index contributed by atoms with van der Waals surface area (Å²) in [7, 11) is 0. The number of aliphatic hydroxyl groups is 1. The number of aromatic nitrogens is 2. The van der Waals surface area contributed by atoms with Crippen LogP contribution in [0.1, 0.15) is 36.2 Å². The second kappa shape index (κ2) is 11.1. The maximum absolute atomic E-state index is 12.6. The van der Waals surface area contributed by atoms with Gasteiger partial charge in [0.25, 0.3) is 5.91 Å². The molecular formula is C27H31N5O4. The first-order chi connectivity index (χ1) is 17.4. The molecule has 1 aliphatic rings. The van der Waals surface area contributed by atoms with Gasteiger partial charge in [-0.1, -0.05) is 24.8 Å². The number of rotatable bonds is 9. The second-order valence-corrected chi connectivity index (χ2v) is 8.83. The van der Waals surface area contributed by atoms with Gasteiger partial charge in [0.15, 0.2) is 0 Å². The van der Waals surface area contributed by atoms with Crippen LogP contribution in [0.5, 0.6) is 11.5 Å². The van der Waals surface area contributed by atoms with E-state index in [0.717, 1.165) is 12.8 Å². The van der Waals surface area contributed by atoms with Crippen molar-refractivity contribution >= 4 is 17.6 Å². The minimum absolute atomic E-state index is 0.144. The zero-order chi connectivity index (χ0) is 25.7. The van der Waals surface area contributed by atoms with Crippen LogP contribution in [0, 0.1) is 0 Å². The van der Waals surface area contributed by atoms with Gasteiger partial charge in [-0.2, -0.15) is 5.10 Å². The van der Waals surface area contributed by atoms with E-state index in [9.17, 15) is 14.7 Å². The molecule has 1 fully saturated rings. The molecule has 2 amide bonds. The molecule has 0 radical (unpaired) electrons. The van der Waals surface area contributed by atoms with Crippen molar-refractivity contribution in [3.8, 4) is 22.8 Å². The first-order valence-corrected chi connectivity index (χ1v) is 12.0. The fourth-order valence-corrected chi connectivity index (χ4v) is 4.34. The summed E-state index contributed by atoms with van der Waals surface area (Å²) in [5.74, 6) is 1.01. The number of piperidine rings is 1. The quantitative estimate of drug-likeness (QED) is 0.395. The van der Waals surface area contributed by atoms with Crippen molar-refractivity contribution in [2.24, 2.45) is 5.73 Å². The molecule has 4 rings (SSSR count). The molecular weight excluding hydrogens is 458 g/mol. The zero-order valence-electron chi connectivity index (χ0n) is 20.3. The van der Waals surface area contributed by atoms with Gasteiger partial charge in [0.2, 0.25) is 5.91 Å². The van der Waals surface area contributed by atoms with Crippen LogP contribution in [0.4, 0.5) is 5.82 Å². The number of amides is 2. The number of primary amides is 1. The molecule has 4 N–H and O–H groups in total. The molecule has 1 aromatic heterocycles. The van der Waals surface area contributed by atoms with Crippen LogP contribution in [-0.4, -0.2) is 57.3 Å². The predicted molar refractivity (Wildman–Crippen MR) is 138 cm³/mol. The number of carbonyl (C=O) groups excluding carboxylic acids is 2. The van der Waals surface area contributed by atoms with E-state index in [1.54, 1.807) is 28.6 Å². The van der Waals surface area contributed by atoms with E-state index in [4.69, 9.17) is 15.6 Å². The Bertz CT molecular complexity index is 1220. The number of hydrogen-bond acceptors (Lipinski definition) is 6. The molecule has 2 aromatic carbocycles. The Hall–Kier alpha value is -4.11. The number of ether oxygens (including phenoxy) is 1. The number of benzene rings is 2. The highest BCUT2D eigenvalue weighted by atomic mass is 16.5. The Morgan fingerprint density at radius 1 is 1.22 bits per heavy atom. The summed E-state index contributed by atoms with van der Waals surface area (Å²) in [6.07, 6.45) is 2.20. The third kappa shape index (κ3) is 5.58. The molecule has 0 aliphatic carbocycles. The highest BCUT2D eigenvalue weighted by Gasteiger charge is 2.30. The number of aliphatic hydroxyl groups excluding tert-OH is 1. The van der Waals surface area contributed by atoms with Gasteiger partial charge >= 0.3 is 0 Å². The number of anilines is 1. The summed E-state index contributed by atoms with van der Waals surface area (Å²) < 4.78 is 7.61. The maximum atomic E-state index is 12.6. The van der Waals surface area contributed by atoms with Gasteiger partial charge in [-0.15, -0.1) is 0 Å². The lowest BCUT2D eigenvalue weighted by atomic mass is 10.0. The summed E-state index contributed by atoms with van der Waals surface area (Å²) in [6.45, 7) is 6.51. The first kappa shape index (κ1) is 25.0. The van der Waals surface area contributed by atoms with Crippen molar-refractivity contribution in [2.45, 2.75) is 31.9 Å². The Morgan fingerprint density at radius 2 is 1.92 bits per heavy atom. The average molecular weight is 490 g/mol. The molecule has 188 valence electrons. The highest BCUT2D eigenvalue weighted by molar-refractivity contribution is 6.03. The monoisotopic (exact) mass is 489 g/mol. The number of hydrogen-bond donors (Lipinski definition) is 3. The van der Waals surface area contributed by atoms with E-state index in [-0.39, 0.29) is 24.1 Å². The zero-order valence-corrected chi connectivity index (χ0v) is 20.3. The predicted octanol–water partition coefficient (Wildman–Crippen LogP) is 3.58. The molecule has 9 nitrogen and oxygen atoms in total. The van der Waals surface area contributed by atoms with Crippen LogP contribution >= 0.6 is 0 Å². The van der Waals surface area contributed by atoms with Gasteiger partial charge < -0.3 is 25.8 Å². The molecule has 9 heteroatoms. The Morgan fingerprint density at radius 3 is 2.56 bits per heavy atom. The van der Waals surface area contributed by atoms with E-state index >= 15 is 0 Å². The van der Waals surface area contributed by atoms with Gasteiger partial charge in [0.1, 0.15) is 28.6 Å². The molecule has 36 heavy (non-hydrogen) atoms. The summed E-state index contributed by atoms with van der Waals surface area (Å²) in [6, 6.07) is 16.5. The van der Waals surface area contributed by atoms with Crippen LogP contribution in [0.15, 0.2) is 67.3 Å². The standard InChI is InChI=1S/C27H31N5O4/c1-3-23(34)31-15-7-8-20(17-31)32-27(29-16-18(2)33)24(26(28)35)25(30-32)19-11-13-22(14-12-19)36-21-9-5-4-6-10-21/h3-6,9-14,18,20,29,33H,1,7-8,15-17H2,2H3,(H2,28,35). The first-order valence-electron chi connectivity index (χ1n) is 12.0. The van der Waals surface area contributed by atoms with Gasteiger partial charge in [-0.25, -0.2) is 4.68 Å². The largest absolute Gasteiger partial charge is 0.457 e. The van der Waals surface area contributed by atoms with E-state index < -0.39 is 12.0 Å². The Labute approximate surface area is 210 Å². The normalized spacial score (nSPS) is 16.3. The van der Waals surface area contributed by atoms with Crippen LogP contribution in [0.25, 0.3) is 11.3 Å². The summed E-state index contributed by atoms with van der Waals surface area (Å²) in [5, 5.41) is 17.8. The molecule has 0 bridgehead atoms. The number of nitrogens with zero attached hydrogens (tertiary/aromatic N) is 3. The minimum atomic E-state index is -0.655.